The Morgan fingerprint density at radius 2 is 2.24 bits per heavy atom. The first-order chi connectivity index (χ1) is 12.0. The van der Waals surface area contributed by atoms with Crippen molar-refractivity contribution in [1.29, 1.82) is 0 Å². The average molecular weight is 380 g/mol. The van der Waals surface area contributed by atoms with Crippen molar-refractivity contribution < 1.29 is 13.2 Å². The van der Waals surface area contributed by atoms with E-state index in [-0.39, 0.29) is 10.8 Å². The molecule has 0 aliphatic carbocycles. The minimum absolute atomic E-state index is 0.0909. The Hall–Kier alpha value is -1.84. The molecular weight excluding hydrogens is 360 g/mol. The van der Waals surface area contributed by atoms with Gasteiger partial charge in [0.05, 0.1) is 17.1 Å². The number of benzene rings is 1. The van der Waals surface area contributed by atoms with Crippen LogP contribution in [0.5, 0.6) is 0 Å². The van der Waals surface area contributed by atoms with Gasteiger partial charge in [-0.3, -0.25) is 9.48 Å². The molecule has 134 valence electrons. The van der Waals surface area contributed by atoms with Crippen LogP contribution >= 0.6 is 11.8 Å². The molecule has 0 unspecified atom stereocenters. The summed E-state index contributed by atoms with van der Waals surface area (Å²) in [5, 5.41) is 6.89. The third-order valence-corrected chi connectivity index (χ3v) is 6.99. The zero-order valence-corrected chi connectivity index (χ0v) is 15.5. The summed E-state index contributed by atoms with van der Waals surface area (Å²) in [6.07, 6.45) is 3.89. The molecule has 9 heteroatoms. The highest BCUT2D eigenvalue weighted by Gasteiger charge is 2.25. The summed E-state index contributed by atoms with van der Waals surface area (Å²) in [4.78, 5) is 12.8. The highest BCUT2D eigenvalue weighted by Crippen LogP contribution is 2.33. The Morgan fingerprint density at radius 1 is 1.40 bits per heavy atom. The number of fused-ring (bicyclic) bond motifs is 1. The van der Waals surface area contributed by atoms with Crippen LogP contribution in [0.4, 0.5) is 5.69 Å². The largest absolute Gasteiger partial charge is 0.325 e. The van der Waals surface area contributed by atoms with Gasteiger partial charge in [0.1, 0.15) is 0 Å². The minimum atomic E-state index is -3.64. The van der Waals surface area contributed by atoms with Crippen molar-refractivity contribution in [2.45, 2.75) is 29.7 Å². The van der Waals surface area contributed by atoms with Crippen molar-refractivity contribution in [3.8, 4) is 0 Å². The van der Waals surface area contributed by atoms with Gasteiger partial charge in [0, 0.05) is 42.6 Å². The Kier molecular flexibility index (Phi) is 5.45. The summed E-state index contributed by atoms with van der Waals surface area (Å²) in [7, 11) is -3.64. The molecule has 1 aliphatic heterocycles. The lowest BCUT2D eigenvalue weighted by Crippen LogP contribution is -2.34. The van der Waals surface area contributed by atoms with Crippen LogP contribution in [0.25, 0.3) is 0 Å². The first-order valence-electron chi connectivity index (χ1n) is 8.05. The first kappa shape index (κ1) is 18.0. The molecule has 0 atom stereocenters. The van der Waals surface area contributed by atoms with E-state index in [1.54, 1.807) is 53.1 Å². The number of rotatable bonds is 6. The van der Waals surface area contributed by atoms with E-state index in [0.717, 1.165) is 4.90 Å². The van der Waals surface area contributed by atoms with Crippen molar-refractivity contribution >= 4 is 33.4 Å². The van der Waals surface area contributed by atoms with E-state index in [0.29, 0.717) is 37.5 Å². The molecule has 0 saturated carbocycles. The predicted molar refractivity (Wildman–Crippen MR) is 97.1 cm³/mol. The van der Waals surface area contributed by atoms with Crippen LogP contribution in [0.15, 0.2) is 46.5 Å². The third kappa shape index (κ3) is 4.05. The molecule has 7 nitrogen and oxygen atoms in total. The summed E-state index contributed by atoms with van der Waals surface area (Å²) in [6, 6.07) is 6.73. The van der Waals surface area contributed by atoms with Gasteiger partial charge >= 0.3 is 0 Å². The first-order valence-corrected chi connectivity index (χ1v) is 10.5. The molecule has 2 heterocycles. The molecule has 25 heavy (non-hydrogen) atoms. The normalized spacial score (nSPS) is 14.9. The molecule has 0 fully saturated rings. The molecular formula is C16H20N4O3S2. The lowest BCUT2D eigenvalue weighted by Gasteiger charge is -2.21. The summed E-state index contributed by atoms with van der Waals surface area (Å²) in [6.45, 7) is 2.99. The van der Waals surface area contributed by atoms with E-state index in [9.17, 15) is 13.2 Å². The van der Waals surface area contributed by atoms with Gasteiger partial charge in [-0.25, -0.2) is 8.42 Å². The van der Waals surface area contributed by atoms with Crippen LogP contribution in [-0.4, -0.2) is 47.3 Å². The lowest BCUT2D eigenvalue weighted by molar-refractivity contribution is -0.115. The van der Waals surface area contributed by atoms with Crippen molar-refractivity contribution in [3.05, 3.63) is 36.7 Å². The number of sulfonamides is 1. The van der Waals surface area contributed by atoms with Crippen molar-refractivity contribution in [2.24, 2.45) is 0 Å². The van der Waals surface area contributed by atoms with Gasteiger partial charge in [-0.2, -0.15) is 9.40 Å². The lowest BCUT2D eigenvalue weighted by atomic mass is 10.3. The highest BCUT2D eigenvalue weighted by atomic mass is 32.2. The van der Waals surface area contributed by atoms with Crippen LogP contribution in [0, 0.1) is 0 Å². The summed E-state index contributed by atoms with van der Waals surface area (Å²) in [5.74, 6) is 0.599. The Balaban J connectivity index is 1.83. The maximum absolute atomic E-state index is 13.0. The van der Waals surface area contributed by atoms with Crippen LogP contribution in [0.2, 0.25) is 0 Å². The number of thioether (sulfide) groups is 1. The second-order valence-electron chi connectivity index (χ2n) is 5.57. The molecule has 1 aliphatic rings. The second-order valence-corrected chi connectivity index (χ2v) is 8.65. The smallest absolute Gasteiger partial charge is 0.243 e. The Bertz CT molecular complexity index is 850. The average Bonchev–Trinajstić information content (AvgIpc) is 3.02. The zero-order valence-electron chi connectivity index (χ0n) is 13.9. The van der Waals surface area contributed by atoms with Crippen LogP contribution in [-0.2, 0) is 21.4 Å². The molecule has 2 aromatic rings. The molecule has 1 aromatic heterocycles. The fraction of sp³-hybridized carbons (Fsp3) is 0.375. The fourth-order valence-corrected chi connectivity index (χ4v) is 5.01. The van der Waals surface area contributed by atoms with Crippen molar-refractivity contribution in [1.82, 2.24) is 14.1 Å². The number of amides is 1. The van der Waals surface area contributed by atoms with E-state index < -0.39 is 10.0 Å². The van der Waals surface area contributed by atoms with E-state index in [1.165, 1.54) is 4.31 Å². The molecule has 0 saturated heterocycles. The summed E-state index contributed by atoms with van der Waals surface area (Å²) >= 11 is 1.55. The monoisotopic (exact) mass is 380 g/mol. The van der Waals surface area contributed by atoms with Crippen LogP contribution < -0.4 is 5.32 Å². The van der Waals surface area contributed by atoms with E-state index in [4.69, 9.17) is 0 Å². The van der Waals surface area contributed by atoms with Crippen LogP contribution in [0.3, 0.4) is 0 Å². The second kappa shape index (κ2) is 7.59. The summed E-state index contributed by atoms with van der Waals surface area (Å²) in [5.41, 5.74) is 0.566. The minimum Gasteiger partial charge on any atom is -0.325 e. The molecule has 3 rings (SSSR count). The van der Waals surface area contributed by atoms with Gasteiger partial charge in [0.15, 0.2) is 0 Å². The molecule has 0 spiro atoms. The van der Waals surface area contributed by atoms with Gasteiger partial charge in [-0.15, -0.1) is 11.8 Å². The number of aromatic nitrogens is 2. The van der Waals surface area contributed by atoms with E-state index in [2.05, 4.69) is 10.4 Å². The molecule has 1 N–H and O–H groups in total. The Morgan fingerprint density at radius 3 is 2.96 bits per heavy atom. The third-order valence-electron chi connectivity index (χ3n) is 3.94. The number of nitrogens with zero attached hydrogens (tertiary/aromatic N) is 3. The van der Waals surface area contributed by atoms with Crippen LogP contribution in [0.1, 0.15) is 13.3 Å². The van der Waals surface area contributed by atoms with Gasteiger partial charge in [-0.1, -0.05) is 6.92 Å². The summed E-state index contributed by atoms with van der Waals surface area (Å²) < 4.78 is 29.0. The SMILES string of the molecule is CCN(CCn1cccn1)S(=O)(=O)c1ccc2c(c1)NC(=O)CCS2. The number of hydrogen-bond acceptors (Lipinski definition) is 5. The number of carbonyl (C=O) groups is 1. The standard InChI is InChI=1S/C16H20N4O3S2/c1-2-20(10-9-19-8-3-7-17-19)25(22,23)13-4-5-15-14(12-13)18-16(21)6-11-24-15/h3-5,7-8,12H,2,6,9-11H2,1H3,(H,18,21). The van der Waals surface area contributed by atoms with Crippen molar-refractivity contribution in [3.63, 3.8) is 0 Å². The number of nitrogens with one attached hydrogen (secondary N) is 1. The predicted octanol–water partition coefficient (Wildman–Crippen LogP) is 2.03. The van der Waals surface area contributed by atoms with Gasteiger partial charge in [0.25, 0.3) is 0 Å². The van der Waals surface area contributed by atoms with Gasteiger partial charge in [0.2, 0.25) is 15.9 Å². The maximum atomic E-state index is 13.0. The fourth-order valence-electron chi connectivity index (χ4n) is 2.60. The Labute approximate surface area is 151 Å². The van der Waals surface area contributed by atoms with Gasteiger partial charge in [-0.05, 0) is 24.3 Å². The van der Waals surface area contributed by atoms with E-state index >= 15 is 0 Å². The maximum Gasteiger partial charge on any atom is 0.243 e. The van der Waals surface area contributed by atoms with Gasteiger partial charge < -0.3 is 5.32 Å². The number of hydrogen-bond donors (Lipinski definition) is 1. The number of likely N-dealkylation sites (N-methyl/N-ethyl adjacent to an activating group) is 1. The molecule has 1 aromatic carbocycles. The number of carbonyl (C=O) groups excluding carboxylic acids is 1. The van der Waals surface area contributed by atoms with Crippen molar-refractivity contribution in [2.75, 3.05) is 24.2 Å². The highest BCUT2D eigenvalue weighted by molar-refractivity contribution is 7.99. The van der Waals surface area contributed by atoms with E-state index in [1.807, 2.05) is 6.92 Å². The molecule has 0 bridgehead atoms. The number of anilines is 1. The topological polar surface area (TPSA) is 84.3 Å². The molecule has 1 amide bonds. The molecule has 0 radical (unpaired) electrons. The quantitative estimate of drug-likeness (QED) is 0.829. The zero-order chi connectivity index (χ0) is 17.9.